The molecular formula is C76H97Cl3F4N12O14S6. The summed E-state index contributed by atoms with van der Waals surface area (Å²) in [6.07, 6.45) is 12.7. The molecule has 0 unspecified atom stereocenters. The number of nitrogens with one attached hydrogen (secondary N) is 4. The zero-order valence-corrected chi connectivity index (χ0v) is 72.5. The van der Waals surface area contributed by atoms with E-state index < -0.39 is 84.2 Å². The molecule has 630 valence electrons. The number of nitrogens with zero attached hydrogens (tertiary/aromatic N) is 7. The molecule has 39 heteroatoms. The van der Waals surface area contributed by atoms with Crippen molar-refractivity contribution in [1.82, 2.24) is 30.1 Å². The van der Waals surface area contributed by atoms with Crippen molar-refractivity contribution in [2.45, 2.75) is 138 Å². The van der Waals surface area contributed by atoms with Gasteiger partial charge in [0, 0.05) is 103 Å². The number of nitrogens with two attached hydrogens (primary N) is 1. The van der Waals surface area contributed by atoms with Gasteiger partial charge in [-0.15, -0.1) is 34.0 Å². The Kier molecular flexibility index (Phi) is 34.2. The summed E-state index contributed by atoms with van der Waals surface area (Å²) in [6.45, 7) is 17.6. The zero-order chi connectivity index (χ0) is 84.0. The fourth-order valence-corrected chi connectivity index (χ4v) is 19.6. The first kappa shape index (κ1) is 92.6. The van der Waals surface area contributed by atoms with Crippen LogP contribution >= 0.6 is 68.8 Å². The van der Waals surface area contributed by atoms with E-state index in [0.29, 0.717) is 95.5 Å². The Morgan fingerprint density at radius 2 is 0.930 bits per heavy atom. The van der Waals surface area contributed by atoms with E-state index in [-0.39, 0.29) is 50.7 Å². The summed E-state index contributed by atoms with van der Waals surface area (Å²) in [5.74, 6) is -0.575. The number of benzene rings is 5. The molecule has 3 aromatic heterocycles. The first-order chi connectivity index (χ1) is 54.5. The van der Waals surface area contributed by atoms with E-state index >= 15 is 4.39 Å². The number of sulfonamides is 3. The number of thiazole rings is 3. The second-order valence-electron chi connectivity index (χ2n) is 28.7. The number of hydrogen-bond acceptors (Lipinski definition) is 24. The van der Waals surface area contributed by atoms with E-state index in [1.807, 2.05) is 41.5 Å². The fraction of sp³-hybridized carbons (Fsp3) is 0.461. The van der Waals surface area contributed by atoms with Crippen molar-refractivity contribution in [3.63, 3.8) is 0 Å². The maximum Gasteiger partial charge on any atom is 0.410 e. The van der Waals surface area contributed by atoms with Crippen molar-refractivity contribution in [3.8, 4) is 23.0 Å². The lowest BCUT2D eigenvalue weighted by Gasteiger charge is -2.33. The van der Waals surface area contributed by atoms with Gasteiger partial charge in [0.1, 0.15) is 72.2 Å². The molecule has 3 fully saturated rings. The Bertz CT molecular complexity index is 4850. The summed E-state index contributed by atoms with van der Waals surface area (Å²) in [5, 5.41) is 14.6. The Morgan fingerprint density at radius 3 is 1.33 bits per heavy atom. The van der Waals surface area contributed by atoms with Gasteiger partial charge in [-0.1, -0.05) is 34.8 Å². The lowest BCUT2D eigenvalue weighted by atomic mass is 9.94. The van der Waals surface area contributed by atoms with Crippen LogP contribution in [0, 0.1) is 41.0 Å². The summed E-state index contributed by atoms with van der Waals surface area (Å²) >= 11 is 21.6. The molecule has 5 aromatic carbocycles. The molecule has 0 radical (unpaired) electrons. The number of carbonyl (C=O) groups is 2. The molecule has 0 atom stereocenters. The molecule has 6 N–H and O–H groups in total. The Morgan fingerprint density at radius 1 is 0.530 bits per heavy atom. The third kappa shape index (κ3) is 26.8. The Hall–Kier alpha value is -7.91. The monoisotopic (exact) mass is 1770 g/mol. The van der Waals surface area contributed by atoms with Gasteiger partial charge in [-0.3, -0.25) is 4.72 Å². The number of rotatable bonds is 27. The van der Waals surface area contributed by atoms with Gasteiger partial charge < -0.3 is 59.9 Å². The minimum absolute atomic E-state index is 0.0748. The quantitative estimate of drug-likeness (QED) is 0.0236. The number of halogens is 7. The highest BCUT2D eigenvalue weighted by molar-refractivity contribution is 7.93. The lowest BCUT2D eigenvalue weighted by Crippen LogP contribution is -2.41. The van der Waals surface area contributed by atoms with Crippen LogP contribution in [0.1, 0.15) is 110 Å². The highest BCUT2D eigenvalue weighted by Crippen LogP contribution is 2.39. The van der Waals surface area contributed by atoms with Gasteiger partial charge in [-0.05, 0) is 191 Å². The highest BCUT2D eigenvalue weighted by Gasteiger charge is 2.36. The van der Waals surface area contributed by atoms with Crippen LogP contribution in [0.15, 0.2) is 122 Å². The molecule has 0 spiro atoms. The standard InChI is InChI=1S/C30H38ClFN4O6S2.C18H15ClF2N2O4S2.C16H20ClFN4O2S2.C12H24N2O2/c1-30(2,3)42-29(37)35-13-9-20(10-14-35)8-11-33-25-18-24(32)27(17-23(25)31)44(38,39)36(28-34-12-15-43-28)19-21-6-7-22(40-4)16-26(21)41-5;1-26-12-4-3-11(16(7-12)27-2)10-23(18-22-5-6-28-18)29(24,25)17-8-13(19)14(20)9-15(17)21;17-12-9-15(26(23,24)22-16-21-7-8-25-16)13(18)10-14(12)20-6-3-11-1-4-19-5-2-11;1-12(2,3)16-11(15)14-8-5-10(4-7-13)6-9-14/h6-7,12,15-18,20,33H,8-11,13-14,19H2,1-5H3;3-9H,10H2,1-2H3;7-11,19-20H,1-6H2,(H,21,22);10H,4-9,13H2,1-3H3. The van der Waals surface area contributed by atoms with Crippen molar-refractivity contribution in [2.75, 3.05) is 111 Å². The number of methoxy groups -OCH3 is 4. The third-order valence-electron chi connectivity index (χ3n) is 18.3. The summed E-state index contributed by atoms with van der Waals surface area (Å²) in [6, 6.07) is 15.5. The van der Waals surface area contributed by atoms with E-state index in [2.05, 4.69) is 35.6 Å². The van der Waals surface area contributed by atoms with Crippen molar-refractivity contribution < 1.29 is 80.8 Å². The maximum atomic E-state index is 15.5. The molecule has 115 heavy (non-hydrogen) atoms. The normalized spacial score (nSPS) is 14.5. The molecule has 0 aliphatic carbocycles. The molecule has 11 rings (SSSR count). The van der Waals surface area contributed by atoms with Crippen molar-refractivity contribution in [3.05, 3.63) is 157 Å². The van der Waals surface area contributed by atoms with Crippen LogP contribution in [0.25, 0.3) is 0 Å². The van der Waals surface area contributed by atoms with Crippen LogP contribution in [0.3, 0.4) is 0 Å². The van der Waals surface area contributed by atoms with E-state index in [1.165, 1.54) is 47.0 Å². The van der Waals surface area contributed by atoms with Crippen molar-refractivity contribution in [1.29, 1.82) is 0 Å². The Balaban J connectivity index is 0.000000203. The molecule has 3 saturated heterocycles. The topological polar surface area (TPSA) is 318 Å². The summed E-state index contributed by atoms with van der Waals surface area (Å²) < 4.78 is 173. The van der Waals surface area contributed by atoms with Crippen molar-refractivity contribution in [2.24, 2.45) is 23.5 Å². The molecule has 2 amide bonds. The number of ether oxygens (including phenoxy) is 6. The maximum absolute atomic E-state index is 15.5. The van der Waals surface area contributed by atoms with Gasteiger partial charge in [0.15, 0.2) is 15.4 Å². The van der Waals surface area contributed by atoms with E-state index in [4.69, 9.17) is 69.0 Å². The third-order valence-corrected chi connectivity index (χ3v) is 26.7. The summed E-state index contributed by atoms with van der Waals surface area (Å²) in [7, 11) is -7.07. The minimum atomic E-state index is -4.46. The SMILES string of the molecule is CC(C)(C)OC(=O)N1CCC(CCN)CC1.COc1ccc(CN(c2nccs2)S(=O)(=O)c2cc(Cl)c(F)cc2F)c(OC)c1.COc1ccc(CN(c2nccs2)S(=O)(=O)c2cc(Cl)c(NCCC3CCN(C(=O)OC(C)(C)C)CC3)cc2F)c(OC)c1.O=S(=O)(Nc1nccs1)c1cc(Cl)c(NCCC2CCNCC2)cc1F. The molecule has 26 nitrogen and oxygen atoms in total. The lowest BCUT2D eigenvalue weighted by molar-refractivity contribution is 0.0172. The fourth-order valence-electron chi connectivity index (χ4n) is 12.3. The predicted octanol–water partition coefficient (Wildman–Crippen LogP) is 16.8. The average molecular weight is 1780 g/mol. The van der Waals surface area contributed by atoms with Gasteiger partial charge in [0.05, 0.1) is 68.0 Å². The van der Waals surface area contributed by atoms with Gasteiger partial charge in [0.2, 0.25) is 0 Å². The Labute approximate surface area is 696 Å². The van der Waals surface area contributed by atoms with Crippen molar-refractivity contribution >= 4 is 138 Å². The van der Waals surface area contributed by atoms with Crippen LogP contribution in [0.5, 0.6) is 23.0 Å². The zero-order valence-electron chi connectivity index (χ0n) is 65.3. The first-order valence-corrected chi connectivity index (χ1v) is 44.8. The second-order valence-corrected chi connectivity index (χ2v) is 37.9. The number of hydrogen-bond donors (Lipinski definition) is 5. The number of amides is 2. The first-order valence-electron chi connectivity index (χ1n) is 36.6. The van der Waals surface area contributed by atoms with E-state index in [0.717, 1.165) is 163 Å². The predicted molar refractivity (Wildman–Crippen MR) is 444 cm³/mol. The number of likely N-dealkylation sites (tertiary alicyclic amines) is 2. The van der Waals surface area contributed by atoms with Gasteiger partial charge in [0.25, 0.3) is 30.1 Å². The minimum Gasteiger partial charge on any atom is -0.497 e. The molecule has 0 saturated carbocycles. The van der Waals surface area contributed by atoms with E-state index in [9.17, 15) is 48.0 Å². The average Bonchev–Trinajstić information content (AvgIpc) is 1.44. The number of aromatic nitrogens is 3. The van der Waals surface area contributed by atoms with Crippen LogP contribution < -0.4 is 54.0 Å². The van der Waals surface area contributed by atoms with Gasteiger partial charge in [-0.25, -0.2) is 76.0 Å². The van der Waals surface area contributed by atoms with E-state index in [1.54, 1.807) is 62.3 Å². The molecule has 3 aliphatic heterocycles. The number of carbonyl (C=O) groups excluding carboxylic acids is 2. The van der Waals surface area contributed by atoms with Gasteiger partial charge in [-0.2, -0.15) is 0 Å². The van der Waals surface area contributed by atoms with Crippen LogP contribution in [-0.4, -0.2) is 161 Å². The molecule has 3 aliphatic rings. The largest absolute Gasteiger partial charge is 0.497 e. The van der Waals surface area contributed by atoms with Crippen LogP contribution in [-0.2, 0) is 52.6 Å². The molecular weight excluding hydrogens is 1680 g/mol. The second kappa shape index (κ2) is 42.5. The molecule has 6 heterocycles. The summed E-state index contributed by atoms with van der Waals surface area (Å²) in [4.78, 5) is 37.8. The van der Waals surface area contributed by atoms with Crippen LogP contribution in [0.2, 0.25) is 15.1 Å². The van der Waals surface area contributed by atoms with Crippen LogP contribution in [0.4, 0.5) is 53.9 Å². The smallest absolute Gasteiger partial charge is 0.410 e. The summed E-state index contributed by atoms with van der Waals surface area (Å²) in [5.41, 5.74) is 6.31. The van der Waals surface area contributed by atoms with Gasteiger partial charge >= 0.3 is 12.2 Å². The molecule has 8 aromatic rings. The highest BCUT2D eigenvalue weighted by atomic mass is 35.5. The number of anilines is 5. The molecule has 0 bridgehead atoms. The number of piperidine rings is 3.